The first-order chi connectivity index (χ1) is 13.4. The highest BCUT2D eigenvalue weighted by atomic mass is 32.2. The van der Waals surface area contributed by atoms with E-state index in [-0.39, 0.29) is 34.9 Å². The molecule has 8 nitrogen and oxygen atoms in total. The topological polar surface area (TPSA) is 116 Å². The van der Waals surface area contributed by atoms with Crippen LogP contribution in [0.25, 0.3) is 0 Å². The molecule has 9 heteroatoms. The van der Waals surface area contributed by atoms with Crippen LogP contribution in [0.2, 0.25) is 0 Å². The van der Waals surface area contributed by atoms with Crippen molar-refractivity contribution in [2.24, 2.45) is 11.8 Å². The van der Waals surface area contributed by atoms with Crippen LogP contribution in [0.5, 0.6) is 0 Å². The standard InChI is InChI=1S/C19H24N4O4S/c1-9-15-14(10(2)24)18(25)23(15)16(19(26)27)17(9)28-12-6-11(22-8-12)7-13-20-4-3-5-21-13/h3-5,9-12,14-15,22,24H,6-8H2,1-2H3,(H,26,27)/t9-,10-,11-,12+,14-,15-/m1/s1. The molecule has 1 aromatic heterocycles. The number of fused-ring (bicyclic) bond motifs is 1. The van der Waals surface area contributed by atoms with E-state index in [0.717, 1.165) is 30.1 Å². The number of nitrogens with one attached hydrogen (secondary N) is 1. The predicted molar refractivity (Wildman–Crippen MR) is 103 cm³/mol. The quantitative estimate of drug-likeness (QED) is 0.592. The Morgan fingerprint density at radius 3 is 2.79 bits per heavy atom. The largest absolute Gasteiger partial charge is 0.477 e. The lowest BCUT2D eigenvalue weighted by molar-refractivity contribution is -0.163. The molecule has 4 rings (SSSR count). The zero-order valence-electron chi connectivity index (χ0n) is 15.8. The minimum atomic E-state index is -1.07. The molecule has 0 radical (unpaired) electrons. The van der Waals surface area contributed by atoms with Crippen molar-refractivity contribution >= 4 is 23.6 Å². The minimum absolute atomic E-state index is 0.0927. The lowest BCUT2D eigenvalue weighted by Gasteiger charge is -2.46. The SMILES string of the molecule is C[C@@H](O)[C@H]1C(=O)N2C(C(=O)O)=C(S[C@@H]3CN[C@@H](Cc4ncccn4)C3)[C@H](C)[C@H]12. The van der Waals surface area contributed by atoms with Crippen LogP contribution in [0.15, 0.2) is 29.1 Å². The summed E-state index contributed by atoms with van der Waals surface area (Å²) < 4.78 is 0. The third kappa shape index (κ3) is 3.21. The van der Waals surface area contributed by atoms with Crippen LogP contribution < -0.4 is 5.32 Å². The Labute approximate surface area is 167 Å². The number of carboxylic acid groups (broad SMARTS) is 1. The number of hydrogen-bond donors (Lipinski definition) is 3. The van der Waals surface area contributed by atoms with E-state index in [4.69, 9.17) is 0 Å². The molecule has 4 heterocycles. The molecule has 2 fully saturated rings. The van der Waals surface area contributed by atoms with Gasteiger partial charge in [0, 0.05) is 47.5 Å². The third-order valence-corrected chi connectivity index (χ3v) is 7.35. The molecule has 0 saturated carbocycles. The molecule has 3 N–H and O–H groups in total. The van der Waals surface area contributed by atoms with Gasteiger partial charge in [-0.2, -0.15) is 0 Å². The van der Waals surface area contributed by atoms with Gasteiger partial charge in [0.15, 0.2) is 0 Å². The molecule has 2 saturated heterocycles. The van der Waals surface area contributed by atoms with Crippen molar-refractivity contribution in [1.29, 1.82) is 0 Å². The molecule has 0 aliphatic carbocycles. The van der Waals surface area contributed by atoms with E-state index in [1.165, 1.54) is 4.90 Å². The van der Waals surface area contributed by atoms with E-state index < -0.39 is 18.0 Å². The van der Waals surface area contributed by atoms with Crippen LogP contribution in [-0.2, 0) is 16.0 Å². The summed E-state index contributed by atoms with van der Waals surface area (Å²) >= 11 is 1.56. The van der Waals surface area contributed by atoms with Gasteiger partial charge in [-0.3, -0.25) is 4.79 Å². The van der Waals surface area contributed by atoms with Gasteiger partial charge >= 0.3 is 5.97 Å². The molecule has 3 aliphatic rings. The highest BCUT2D eigenvalue weighted by molar-refractivity contribution is 8.03. The van der Waals surface area contributed by atoms with E-state index in [0.29, 0.717) is 0 Å². The summed E-state index contributed by atoms with van der Waals surface area (Å²) in [5, 5.41) is 23.4. The van der Waals surface area contributed by atoms with Gasteiger partial charge in [-0.05, 0) is 19.4 Å². The van der Waals surface area contributed by atoms with Crippen LogP contribution in [0.1, 0.15) is 26.1 Å². The summed E-state index contributed by atoms with van der Waals surface area (Å²) in [5.41, 5.74) is 0.0965. The molecule has 0 bridgehead atoms. The Balaban J connectivity index is 1.47. The Bertz CT molecular complexity index is 815. The highest BCUT2D eigenvalue weighted by Gasteiger charge is 2.60. The number of aliphatic hydroxyl groups excluding tert-OH is 1. The van der Waals surface area contributed by atoms with Gasteiger partial charge in [-0.25, -0.2) is 14.8 Å². The molecule has 1 amide bonds. The summed E-state index contributed by atoms with van der Waals surface area (Å²) in [6.45, 7) is 4.31. The lowest BCUT2D eigenvalue weighted by Crippen LogP contribution is -2.63. The number of aliphatic hydroxyl groups is 1. The summed E-state index contributed by atoms with van der Waals surface area (Å²) in [4.78, 5) is 35.0. The Hall–Kier alpha value is -1.97. The monoisotopic (exact) mass is 404 g/mol. The molecular weight excluding hydrogens is 380 g/mol. The third-order valence-electron chi connectivity index (χ3n) is 5.83. The second-order valence-corrected chi connectivity index (χ2v) is 9.06. The van der Waals surface area contributed by atoms with Crippen molar-refractivity contribution in [3.63, 3.8) is 0 Å². The number of carbonyl (C=O) groups is 2. The van der Waals surface area contributed by atoms with Crippen molar-refractivity contribution in [2.75, 3.05) is 6.54 Å². The molecule has 3 aliphatic heterocycles. The summed E-state index contributed by atoms with van der Waals surface area (Å²) in [7, 11) is 0. The Morgan fingerprint density at radius 2 is 2.14 bits per heavy atom. The molecular formula is C19H24N4O4S. The number of hydrogen-bond acceptors (Lipinski definition) is 7. The van der Waals surface area contributed by atoms with E-state index in [2.05, 4.69) is 15.3 Å². The second kappa shape index (κ2) is 7.46. The van der Waals surface area contributed by atoms with Gasteiger partial charge in [0.05, 0.1) is 18.1 Å². The van der Waals surface area contributed by atoms with Gasteiger partial charge in [-0.1, -0.05) is 6.92 Å². The van der Waals surface area contributed by atoms with Crippen LogP contribution in [-0.4, -0.2) is 66.9 Å². The van der Waals surface area contributed by atoms with Crippen molar-refractivity contribution < 1.29 is 19.8 Å². The average molecular weight is 404 g/mol. The second-order valence-electron chi connectivity index (χ2n) is 7.72. The number of thioether (sulfide) groups is 1. The number of carbonyl (C=O) groups excluding carboxylic acids is 1. The molecule has 0 spiro atoms. The summed E-state index contributed by atoms with van der Waals surface area (Å²) in [5.74, 6) is -1.19. The number of nitrogens with zero attached hydrogens (tertiary/aromatic N) is 3. The van der Waals surface area contributed by atoms with Crippen molar-refractivity contribution in [3.05, 3.63) is 34.9 Å². The predicted octanol–water partition coefficient (Wildman–Crippen LogP) is 0.637. The first kappa shape index (κ1) is 19.4. The first-order valence-corrected chi connectivity index (χ1v) is 10.4. The van der Waals surface area contributed by atoms with Gasteiger partial charge in [0.25, 0.3) is 0 Å². The maximum atomic E-state index is 12.4. The molecule has 6 atom stereocenters. The van der Waals surface area contributed by atoms with E-state index in [1.807, 2.05) is 6.92 Å². The number of carboxylic acids is 1. The van der Waals surface area contributed by atoms with Gasteiger partial charge < -0.3 is 20.4 Å². The highest BCUT2D eigenvalue weighted by Crippen LogP contribution is 2.51. The average Bonchev–Trinajstić information content (AvgIpc) is 3.17. The molecule has 0 aromatic carbocycles. The van der Waals surface area contributed by atoms with Gasteiger partial charge in [0.2, 0.25) is 5.91 Å². The fourth-order valence-electron chi connectivity index (χ4n) is 4.54. The Morgan fingerprint density at radius 1 is 1.43 bits per heavy atom. The number of aromatic nitrogens is 2. The molecule has 28 heavy (non-hydrogen) atoms. The van der Waals surface area contributed by atoms with E-state index >= 15 is 0 Å². The van der Waals surface area contributed by atoms with Crippen molar-refractivity contribution in [2.45, 2.75) is 50.1 Å². The number of β-lactam (4-membered cyclic amide) rings is 1. The number of aliphatic carboxylic acids is 1. The zero-order valence-corrected chi connectivity index (χ0v) is 16.6. The van der Waals surface area contributed by atoms with E-state index in [9.17, 15) is 19.8 Å². The summed E-state index contributed by atoms with van der Waals surface area (Å²) in [6, 6.07) is 1.77. The minimum Gasteiger partial charge on any atom is -0.477 e. The Kier molecular flexibility index (Phi) is 5.15. The number of amides is 1. The maximum absolute atomic E-state index is 12.4. The van der Waals surface area contributed by atoms with Crippen LogP contribution in [0.4, 0.5) is 0 Å². The lowest BCUT2D eigenvalue weighted by atomic mass is 9.79. The first-order valence-electron chi connectivity index (χ1n) is 9.53. The number of rotatable bonds is 6. The van der Waals surface area contributed by atoms with Crippen LogP contribution in [0.3, 0.4) is 0 Å². The smallest absolute Gasteiger partial charge is 0.353 e. The molecule has 150 valence electrons. The van der Waals surface area contributed by atoms with Crippen LogP contribution >= 0.6 is 11.8 Å². The van der Waals surface area contributed by atoms with Crippen LogP contribution in [0, 0.1) is 11.8 Å². The van der Waals surface area contributed by atoms with Gasteiger partial charge in [-0.15, -0.1) is 11.8 Å². The molecule has 0 unspecified atom stereocenters. The van der Waals surface area contributed by atoms with Gasteiger partial charge in [0.1, 0.15) is 11.5 Å². The van der Waals surface area contributed by atoms with Crippen molar-refractivity contribution in [3.8, 4) is 0 Å². The normalized spacial score (nSPS) is 33.0. The van der Waals surface area contributed by atoms with E-state index in [1.54, 1.807) is 37.1 Å². The maximum Gasteiger partial charge on any atom is 0.353 e. The molecule has 1 aromatic rings. The summed E-state index contributed by atoms with van der Waals surface area (Å²) in [6.07, 6.45) is 4.29. The fourth-order valence-corrected chi connectivity index (χ4v) is 6.06. The fraction of sp³-hybridized carbons (Fsp3) is 0.579. The van der Waals surface area contributed by atoms with Crippen molar-refractivity contribution in [1.82, 2.24) is 20.2 Å². The zero-order chi connectivity index (χ0) is 20.0.